The maximum atomic E-state index is 12.9. The summed E-state index contributed by atoms with van der Waals surface area (Å²) in [7, 11) is 0. The molecule has 3 fully saturated rings. The molecule has 3 aliphatic heterocycles. The quantitative estimate of drug-likeness (QED) is 0.820. The number of hydrogen-bond acceptors (Lipinski definition) is 3. The van der Waals surface area contributed by atoms with E-state index in [1.54, 1.807) is 0 Å². The number of piperidine rings is 1. The van der Waals surface area contributed by atoms with E-state index in [0.29, 0.717) is 23.9 Å². The molecule has 114 valence electrons. The summed E-state index contributed by atoms with van der Waals surface area (Å²) in [6.07, 6.45) is 6.04. The Bertz CT molecular complexity index is 363. The van der Waals surface area contributed by atoms with Crippen LogP contribution in [0.3, 0.4) is 0 Å². The molecule has 3 aliphatic rings. The predicted molar refractivity (Wildman–Crippen MR) is 80.5 cm³/mol. The first-order valence-corrected chi connectivity index (χ1v) is 8.39. The van der Waals surface area contributed by atoms with Gasteiger partial charge in [-0.1, -0.05) is 20.3 Å². The fourth-order valence-corrected chi connectivity index (χ4v) is 4.39. The van der Waals surface area contributed by atoms with E-state index >= 15 is 0 Å². The zero-order chi connectivity index (χ0) is 14.2. The van der Waals surface area contributed by atoms with Gasteiger partial charge in [0.25, 0.3) is 0 Å². The molecular weight excluding hydrogens is 250 g/mol. The van der Waals surface area contributed by atoms with Crippen molar-refractivity contribution in [3.63, 3.8) is 0 Å². The molecule has 0 bridgehead atoms. The molecule has 20 heavy (non-hydrogen) atoms. The Hall–Kier alpha value is -0.610. The summed E-state index contributed by atoms with van der Waals surface area (Å²) in [5.41, 5.74) is -0.178. The minimum Gasteiger partial charge on any atom is -0.351 e. The highest BCUT2D eigenvalue weighted by Gasteiger charge is 2.46. The van der Waals surface area contributed by atoms with Gasteiger partial charge in [0.2, 0.25) is 5.91 Å². The Morgan fingerprint density at radius 3 is 2.85 bits per heavy atom. The third-order valence-corrected chi connectivity index (χ3v) is 5.92. The van der Waals surface area contributed by atoms with Gasteiger partial charge in [-0.3, -0.25) is 9.69 Å². The lowest BCUT2D eigenvalue weighted by molar-refractivity contribution is -0.133. The Kier molecular flexibility index (Phi) is 4.04. The molecular formula is C16H29N3O. The van der Waals surface area contributed by atoms with Gasteiger partial charge in [-0.15, -0.1) is 0 Å². The van der Waals surface area contributed by atoms with Crippen molar-refractivity contribution in [1.82, 2.24) is 15.5 Å². The van der Waals surface area contributed by atoms with Crippen LogP contribution in [0.2, 0.25) is 0 Å². The van der Waals surface area contributed by atoms with Crippen molar-refractivity contribution in [2.45, 2.75) is 58.0 Å². The molecule has 0 radical (unpaired) electrons. The normalized spacial score (nSPS) is 38.1. The molecule has 0 aliphatic carbocycles. The van der Waals surface area contributed by atoms with Gasteiger partial charge in [0.05, 0.1) is 5.41 Å². The lowest BCUT2D eigenvalue weighted by Crippen LogP contribution is -2.53. The van der Waals surface area contributed by atoms with Crippen LogP contribution in [-0.2, 0) is 4.79 Å². The second-order valence-corrected chi connectivity index (χ2v) is 7.21. The van der Waals surface area contributed by atoms with Crippen LogP contribution in [0.5, 0.6) is 0 Å². The zero-order valence-corrected chi connectivity index (χ0v) is 13.0. The fourth-order valence-electron chi connectivity index (χ4n) is 4.39. The Balaban J connectivity index is 1.66. The Morgan fingerprint density at radius 1 is 1.30 bits per heavy atom. The van der Waals surface area contributed by atoms with Crippen LogP contribution in [0.25, 0.3) is 0 Å². The smallest absolute Gasteiger partial charge is 0.228 e. The minimum atomic E-state index is -0.178. The summed E-state index contributed by atoms with van der Waals surface area (Å²) in [5.74, 6) is 0.705. The SMILES string of the molecule is CC(C)C1(C(=O)NC2CCN3CCCCC23)CCNC1. The number of nitrogens with one attached hydrogen (secondary N) is 2. The van der Waals surface area contributed by atoms with Gasteiger partial charge in [-0.05, 0) is 44.7 Å². The highest BCUT2D eigenvalue weighted by atomic mass is 16.2. The minimum absolute atomic E-state index is 0.178. The molecule has 4 nitrogen and oxygen atoms in total. The van der Waals surface area contributed by atoms with E-state index in [9.17, 15) is 4.79 Å². The van der Waals surface area contributed by atoms with Gasteiger partial charge in [0, 0.05) is 25.2 Å². The summed E-state index contributed by atoms with van der Waals surface area (Å²) >= 11 is 0. The van der Waals surface area contributed by atoms with Crippen molar-refractivity contribution in [3.05, 3.63) is 0 Å². The number of fused-ring (bicyclic) bond motifs is 1. The topological polar surface area (TPSA) is 44.4 Å². The first kappa shape index (κ1) is 14.3. The molecule has 0 spiro atoms. The van der Waals surface area contributed by atoms with Crippen molar-refractivity contribution in [2.75, 3.05) is 26.2 Å². The summed E-state index contributed by atoms with van der Waals surface area (Å²) in [5, 5.41) is 6.81. The van der Waals surface area contributed by atoms with E-state index in [1.807, 2.05) is 0 Å². The van der Waals surface area contributed by atoms with Gasteiger partial charge >= 0.3 is 0 Å². The highest BCUT2D eigenvalue weighted by molar-refractivity contribution is 5.84. The summed E-state index contributed by atoms with van der Waals surface area (Å²) in [6, 6.07) is 0.991. The van der Waals surface area contributed by atoms with Crippen LogP contribution in [0, 0.1) is 11.3 Å². The summed E-state index contributed by atoms with van der Waals surface area (Å²) in [4.78, 5) is 15.5. The standard InChI is InChI=1S/C16H29N3O/c1-12(2)16(7-8-17-11-16)15(20)18-13-6-10-19-9-4-3-5-14(13)19/h12-14,17H,3-11H2,1-2H3,(H,18,20). The molecule has 0 saturated carbocycles. The van der Waals surface area contributed by atoms with E-state index in [4.69, 9.17) is 0 Å². The largest absolute Gasteiger partial charge is 0.351 e. The molecule has 3 unspecified atom stereocenters. The summed E-state index contributed by atoms with van der Waals surface area (Å²) < 4.78 is 0. The number of carbonyl (C=O) groups excluding carboxylic acids is 1. The zero-order valence-electron chi connectivity index (χ0n) is 13.0. The van der Waals surface area contributed by atoms with Crippen molar-refractivity contribution < 1.29 is 4.79 Å². The second-order valence-electron chi connectivity index (χ2n) is 7.21. The van der Waals surface area contributed by atoms with E-state index in [1.165, 1.54) is 32.4 Å². The molecule has 0 aromatic rings. The van der Waals surface area contributed by atoms with Gasteiger partial charge in [0.1, 0.15) is 0 Å². The molecule has 0 aromatic carbocycles. The third-order valence-electron chi connectivity index (χ3n) is 5.92. The third kappa shape index (κ3) is 2.37. The maximum Gasteiger partial charge on any atom is 0.228 e. The van der Waals surface area contributed by atoms with Crippen LogP contribution >= 0.6 is 0 Å². The second kappa shape index (κ2) is 5.64. The Labute approximate surface area is 122 Å². The van der Waals surface area contributed by atoms with E-state index in [2.05, 4.69) is 29.4 Å². The van der Waals surface area contributed by atoms with Gasteiger partial charge in [-0.25, -0.2) is 0 Å². The monoisotopic (exact) mass is 279 g/mol. The predicted octanol–water partition coefficient (Wildman–Crippen LogP) is 1.37. The fraction of sp³-hybridized carbons (Fsp3) is 0.938. The molecule has 2 N–H and O–H groups in total. The number of amides is 1. The van der Waals surface area contributed by atoms with Crippen molar-refractivity contribution in [1.29, 1.82) is 0 Å². The molecule has 1 amide bonds. The van der Waals surface area contributed by atoms with Gasteiger partial charge in [0.15, 0.2) is 0 Å². The molecule has 3 atom stereocenters. The molecule has 0 aromatic heterocycles. The van der Waals surface area contributed by atoms with E-state index in [0.717, 1.165) is 25.9 Å². The molecule has 3 saturated heterocycles. The maximum absolute atomic E-state index is 12.9. The highest BCUT2D eigenvalue weighted by Crippen LogP contribution is 2.35. The average Bonchev–Trinajstić information content (AvgIpc) is 3.07. The van der Waals surface area contributed by atoms with Crippen LogP contribution in [-0.4, -0.2) is 49.1 Å². The van der Waals surface area contributed by atoms with Gasteiger partial charge in [-0.2, -0.15) is 0 Å². The van der Waals surface area contributed by atoms with E-state index < -0.39 is 0 Å². The summed E-state index contributed by atoms with van der Waals surface area (Å²) in [6.45, 7) is 8.60. The number of carbonyl (C=O) groups is 1. The number of nitrogens with zero attached hydrogens (tertiary/aromatic N) is 1. The Morgan fingerprint density at radius 2 is 2.15 bits per heavy atom. The molecule has 3 rings (SSSR count). The lowest BCUT2D eigenvalue weighted by Gasteiger charge is -2.36. The van der Waals surface area contributed by atoms with Crippen molar-refractivity contribution in [3.8, 4) is 0 Å². The molecule has 3 heterocycles. The first-order valence-electron chi connectivity index (χ1n) is 8.39. The number of hydrogen-bond donors (Lipinski definition) is 2. The van der Waals surface area contributed by atoms with Crippen molar-refractivity contribution >= 4 is 5.91 Å². The number of rotatable bonds is 3. The van der Waals surface area contributed by atoms with Crippen LogP contribution in [0.15, 0.2) is 0 Å². The lowest BCUT2D eigenvalue weighted by atomic mass is 9.75. The average molecular weight is 279 g/mol. The first-order chi connectivity index (χ1) is 9.63. The van der Waals surface area contributed by atoms with Crippen LogP contribution in [0.4, 0.5) is 0 Å². The molecule has 4 heteroatoms. The van der Waals surface area contributed by atoms with Crippen LogP contribution in [0.1, 0.15) is 46.0 Å². The van der Waals surface area contributed by atoms with Gasteiger partial charge < -0.3 is 10.6 Å². The van der Waals surface area contributed by atoms with Crippen molar-refractivity contribution in [2.24, 2.45) is 11.3 Å². The van der Waals surface area contributed by atoms with E-state index in [-0.39, 0.29) is 5.41 Å². The van der Waals surface area contributed by atoms with Crippen LogP contribution < -0.4 is 10.6 Å².